The molecule has 2 rings (SSSR count). The predicted octanol–water partition coefficient (Wildman–Crippen LogP) is 1.96. The number of amides is 2. The van der Waals surface area contributed by atoms with Gasteiger partial charge in [-0.1, -0.05) is 12.1 Å². The van der Waals surface area contributed by atoms with E-state index in [2.05, 4.69) is 5.32 Å². The fraction of sp³-hybridized carbons (Fsp3) is 0.500. The number of alkyl halides is 2. The monoisotopic (exact) mass is 326 g/mol. The first kappa shape index (κ1) is 17.2. The van der Waals surface area contributed by atoms with Gasteiger partial charge in [0.15, 0.2) is 0 Å². The number of carbonyl (C=O) groups excluding carboxylic acids is 2. The predicted molar refractivity (Wildman–Crippen MR) is 80.2 cm³/mol. The van der Waals surface area contributed by atoms with Crippen molar-refractivity contribution in [3.8, 4) is 5.75 Å². The summed E-state index contributed by atoms with van der Waals surface area (Å²) in [7, 11) is 0. The Bertz CT molecular complexity index is 566. The molecule has 1 atom stereocenters. The fourth-order valence-corrected chi connectivity index (χ4v) is 2.63. The van der Waals surface area contributed by atoms with E-state index in [1.807, 2.05) is 0 Å². The number of halogens is 2. The van der Waals surface area contributed by atoms with E-state index < -0.39 is 19.1 Å². The molecule has 5 nitrogen and oxygen atoms in total. The van der Waals surface area contributed by atoms with Crippen molar-refractivity contribution in [3.63, 3.8) is 0 Å². The molecular formula is C16H20F2N2O3. The minimum Gasteiger partial charge on any atom is -0.488 e. The largest absolute Gasteiger partial charge is 0.488 e. The summed E-state index contributed by atoms with van der Waals surface area (Å²) < 4.78 is 29.2. The molecule has 0 saturated carbocycles. The SMILES string of the molecule is CC(=O)N1CCC[C@H]1C(=O)NCc1cccc(OCC(F)F)c1. The minimum absolute atomic E-state index is 0.106. The van der Waals surface area contributed by atoms with Gasteiger partial charge in [0.25, 0.3) is 6.43 Å². The van der Waals surface area contributed by atoms with Crippen LogP contribution in [0.3, 0.4) is 0 Å². The molecule has 2 amide bonds. The normalized spacial score (nSPS) is 17.4. The van der Waals surface area contributed by atoms with Crippen LogP contribution in [-0.4, -0.2) is 42.3 Å². The smallest absolute Gasteiger partial charge is 0.272 e. The minimum atomic E-state index is -2.53. The molecule has 1 aliphatic heterocycles. The van der Waals surface area contributed by atoms with E-state index in [9.17, 15) is 18.4 Å². The Morgan fingerprint density at radius 2 is 2.22 bits per heavy atom. The van der Waals surface area contributed by atoms with E-state index in [0.717, 1.165) is 12.0 Å². The van der Waals surface area contributed by atoms with E-state index >= 15 is 0 Å². The second-order valence-corrected chi connectivity index (χ2v) is 5.44. The number of nitrogens with zero attached hydrogens (tertiary/aromatic N) is 1. The van der Waals surface area contributed by atoms with Crippen LogP contribution in [-0.2, 0) is 16.1 Å². The highest BCUT2D eigenvalue weighted by Gasteiger charge is 2.31. The van der Waals surface area contributed by atoms with E-state index in [-0.39, 0.29) is 18.4 Å². The Hall–Kier alpha value is -2.18. The van der Waals surface area contributed by atoms with E-state index in [0.29, 0.717) is 18.7 Å². The lowest BCUT2D eigenvalue weighted by Crippen LogP contribution is -2.44. The van der Waals surface area contributed by atoms with Gasteiger partial charge >= 0.3 is 0 Å². The van der Waals surface area contributed by atoms with E-state index in [1.54, 1.807) is 29.2 Å². The summed E-state index contributed by atoms with van der Waals surface area (Å²) in [6.07, 6.45) is -1.06. The third-order valence-electron chi connectivity index (χ3n) is 3.70. The first-order valence-corrected chi connectivity index (χ1v) is 7.52. The van der Waals surface area contributed by atoms with Crippen LogP contribution in [0, 0.1) is 0 Å². The summed E-state index contributed by atoms with van der Waals surface area (Å²) in [6.45, 7) is 1.65. The van der Waals surface area contributed by atoms with Gasteiger partial charge in [0.2, 0.25) is 11.8 Å². The summed E-state index contributed by atoms with van der Waals surface area (Å²) in [5, 5.41) is 2.78. The lowest BCUT2D eigenvalue weighted by Gasteiger charge is -2.22. The maximum atomic E-state index is 12.2. The number of likely N-dealkylation sites (tertiary alicyclic amines) is 1. The second-order valence-electron chi connectivity index (χ2n) is 5.44. The van der Waals surface area contributed by atoms with Gasteiger partial charge in [-0.3, -0.25) is 9.59 Å². The van der Waals surface area contributed by atoms with Crippen molar-refractivity contribution in [1.29, 1.82) is 0 Å². The van der Waals surface area contributed by atoms with Crippen molar-refractivity contribution in [2.24, 2.45) is 0 Å². The van der Waals surface area contributed by atoms with E-state index in [1.165, 1.54) is 6.92 Å². The molecule has 1 heterocycles. The summed E-state index contributed by atoms with van der Waals surface area (Å²) in [6, 6.07) is 6.22. The van der Waals surface area contributed by atoms with Crippen LogP contribution < -0.4 is 10.1 Å². The van der Waals surface area contributed by atoms with Gasteiger partial charge in [-0.15, -0.1) is 0 Å². The molecule has 1 saturated heterocycles. The van der Waals surface area contributed by atoms with Crippen LogP contribution in [0.1, 0.15) is 25.3 Å². The van der Waals surface area contributed by atoms with Gasteiger partial charge in [0, 0.05) is 20.0 Å². The summed E-state index contributed by atoms with van der Waals surface area (Å²) in [5.41, 5.74) is 0.748. The van der Waals surface area contributed by atoms with Crippen molar-refractivity contribution in [1.82, 2.24) is 10.2 Å². The van der Waals surface area contributed by atoms with Crippen molar-refractivity contribution in [2.75, 3.05) is 13.2 Å². The maximum absolute atomic E-state index is 12.2. The summed E-state index contributed by atoms with van der Waals surface area (Å²) in [4.78, 5) is 25.2. The van der Waals surface area contributed by atoms with Gasteiger partial charge < -0.3 is 15.0 Å². The van der Waals surface area contributed by atoms with Crippen molar-refractivity contribution in [3.05, 3.63) is 29.8 Å². The van der Waals surface area contributed by atoms with Gasteiger partial charge in [-0.2, -0.15) is 0 Å². The number of carbonyl (C=O) groups is 2. The molecule has 1 aliphatic rings. The lowest BCUT2D eigenvalue weighted by atomic mass is 10.2. The third kappa shape index (κ3) is 4.91. The highest BCUT2D eigenvalue weighted by Crippen LogP contribution is 2.18. The molecule has 0 radical (unpaired) electrons. The van der Waals surface area contributed by atoms with Gasteiger partial charge in [-0.05, 0) is 30.5 Å². The molecule has 0 spiro atoms. The zero-order chi connectivity index (χ0) is 16.8. The standard InChI is InChI=1S/C16H20F2N2O3/c1-11(21)20-7-3-6-14(20)16(22)19-9-12-4-2-5-13(8-12)23-10-15(17)18/h2,4-5,8,14-15H,3,6-7,9-10H2,1H3,(H,19,22)/t14-/m0/s1. The number of hydrogen-bond acceptors (Lipinski definition) is 3. The third-order valence-corrected chi connectivity index (χ3v) is 3.70. The molecule has 0 aromatic heterocycles. The zero-order valence-corrected chi connectivity index (χ0v) is 12.9. The Labute approximate surface area is 133 Å². The first-order valence-electron chi connectivity index (χ1n) is 7.52. The molecule has 1 N–H and O–H groups in total. The summed E-state index contributed by atoms with van der Waals surface area (Å²) >= 11 is 0. The van der Waals surface area contributed by atoms with Gasteiger partial charge in [-0.25, -0.2) is 8.78 Å². The molecule has 7 heteroatoms. The molecule has 0 bridgehead atoms. The molecule has 126 valence electrons. The summed E-state index contributed by atoms with van der Waals surface area (Å²) in [5.74, 6) is 0.0323. The Morgan fingerprint density at radius 1 is 1.43 bits per heavy atom. The first-order chi connectivity index (χ1) is 11.0. The topological polar surface area (TPSA) is 58.6 Å². The molecule has 23 heavy (non-hydrogen) atoms. The lowest BCUT2D eigenvalue weighted by molar-refractivity contribution is -0.136. The maximum Gasteiger partial charge on any atom is 0.272 e. The van der Waals surface area contributed by atoms with Crippen LogP contribution in [0.5, 0.6) is 5.75 Å². The molecule has 1 aromatic rings. The molecule has 0 unspecified atom stereocenters. The Kier molecular flexibility index (Phi) is 5.90. The molecule has 0 aliphatic carbocycles. The number of nitrogens with one attached hydrogen (secondary N) is 1. The zero-order valence-electron chi connectivity index (χ0n) is 12.9. The number of benzene rings is 1. The van der Waals surface area contributed by atoms with Crippen LogP contribution >= 0.6 is 0 Å². The highest BCUT2D eigenvalue weighted by molar-refractivity contribution is 5.87. The number of hydrogen-bond donors (Lipinski definition) is 1. The van der Waals surface area contributed by atoms with Gasteiger partial charge in [0.05, 0.1) is 0 Å². The molecular weight excluding hydrogens is 306 g/mol. The van der Waals surface area contributed by atoms with Crippen LogP contribution in [0.15, 0.2) is 24.3 Å². The highest BCUT2D eigenvalue weighted by atomic mass is 19.3. The van der Waals surface area contributed by atoms with Crippen LogP contribution in [0.4, 0.5) is 8.78 Å². The average Bonchev–Trinajstić information content (AvgIpc) is 3.01. The Balaban J connectivity index is 1.89. The quantitative estimate of drug-likeness (QED) is 0.869. The molecule has 1 aromatic carbocycles. The Morgan fingerprint density at radius 3 is 2.91 bits per heavy atom. The fourth-order valence-electron chi connectivity index (χ4n) is 2.63. The van der Waals surface area contributed by atoms with Crippen LogP contribution in [0.2, 0.25) is 0 Å². The van der Waals surface area contributed by atoms with Crippen LogP contribution in [0.25, 0.3) is 0 Å². The number of ether oxygens (including phenoxy) is 1. The van der Waals surface area contributed by atoms with Crippen molar-refractivity contribution < 1.29 is 23.1 Å². The van der Waals surface area contributed by atoms with Crippen molar-refractivity contribution >= 4 is 11.8 Å². The van der Waals surface area contributed by atoms with Gasteiger partial charge in [0.1, 0.15) is 18.4 Å². The number of rotatable bonds is 6. The van der Waals surface area contributed by atoms with Crippen molar-refractivity contribution in [2.45, 2.75) is 38.8 Å². The average molecular weight is 326 g/mol. The van der Waals surface area contributed by atoms with E-state index in [4.69, 9.17) is 4.74 Å². The molecule has 1 fully saturated rings. The second kappa shape index (κ2) is 7.89.